The minimum absolute atomic E-state index is 0.105. The van der Waals surface area contributed by atoms with Crippen LogP contribution < -0.4 is 0 Å². The first-order valence-corrected chi connectivity index (χ1v) is 6.79. The minimum atomic E-state index is -0.315. The number of hydrogen-bond acceptors (Lipinski definition) is 6. The lowest BCUT2D eigenvalue weighted by atomic mass is 10.3. The maximum Gasteiger partial charge on any atom is 0.305 e. The molecule has 0 N–H and O–H groups in total. The fourth-order valence-corrected chi connectivity index (χ4v) is 1.03. The Bertz CT molecular complexity index is 287. The topological polar surface area (TPSA) is 78.9 Å². The van der Waals surface area contributed by atoms with Crippen molar-refractivity contribution in [2.24, 2.45) is 0 Å². The Kier molecular flexibility index (Phi) is 14.3. The summed E-state index contributed by atoms with van der Waals surface area (Å²) in [6, 6.07) is 0. The molecule has 118 valence electrons. The number of rotatable bonds is 7. The lowest BCUT2D eigenvalue weighted by Crippen LogP contribution is -2.15. The summed E-state index contributed by atoms with van der Waals surface area (Å²) >= 11 is 0. The van der Waals surface area contributed by atoms with Crippen molar-refractivity contribution in [3.05, 3.63) is 0 Å². The van der Waals surface area contributed by atoms with E-state index in [0.717, 1.165) is 6.42 Å². The van der Waals surface area contributed by atoms with Gasteiger partial charge in [0.15, 0.2) is 0 Å². The van der Waals surface area contributed by atoms with Crippen LogP contribution in [0.5, 0.6) is 0 Å². The molecule has 0 bridgehead atoms. The van der Waals surface area contributed by atoms with E-state index in [2.05, 4.69) is 4.74 Å². The lowest BCUT2D eigenvalue weighted by Gasteiger charge is -2.10. The van der Waals surface area contributed by atoms with Gasteiger partial charge in [-0.25, -0.2) is 0 Å². The first kappa shape index (κ1) is 20.7. The maximum absolute atomic E-state index is 10.4. The van der Waals surface area contributed by atoms with Gasteiger partial charge in [-0.3, -0.25) is 14.4 Å². The average molecular weight is 290 g/mol. The molecule has 0 aromatic heterocycles. The van der Waals surface area contributed by atoms with Crippen LogP contribution in [-0.2, 0) is 28.6 Å². The molecular formula is C14H26O6. The molecule has 1 atom stereocenters. The second kappa shape index (κ2) is 13.8. The maximum atomic E-state index is 10.4. The third-order valence-electron chi connectivity index (χ3n) is 1.95. The summed E-state index contributed by atoms with van der Waals surface area (Å²) in [5, 5.41) is 0. The van der Waals surface area contributed by atoms with Gasteiger partial charge in [0.1, 0.15) is 6.10 Å². The van der Waals surface area contributed by atoms with Crippen molar-refractivity contribution in [3.8, 4) is 0 Å². The molecule has 1 unspecified atom stereocenters. The molecule has 0 fully saturated rings. The van der Waals surface area contributed by atoms with Crippen LogP contribution in [0.25, 0.3) is 0 Å². The van der Waals surface area contributed by atoms with Crippen LogP contribution >= 0.6 is 0 Å². The number of hydrogen-bond donors (Lipinski definition) is 0. The fourth-order valence-electron chi connectivity index (χ4n) is 1.03. The van der Waals surface area contributed by atoms with E-state index < -0.39 is 0 Å². The van der Waals surface area contributed by atoms with Crippen molar-refractivity contribution >= 4 is 17.9 Å². The summed E-state index contributed by atoms with van der Waals surface area (Å²) in [5.41, 5.74) is 0. The third-order valence-corrected chi connectivity index (χ3v) is 1.95. The Labute approximate surface area is 120 Å². The predicted octanol–water partition coefficient (Wildman–Crippen LogP) is 2.24. The summed E-state index contributed by atoms with van der Waals surface area (Å²) in [5.74, 6) is -0.734. The SMILES string of the molecule is CC(=O)OCCC(C)OC(C)=O.CCCOC(=O)CC. The second-order valence-electron chi connectivity index (χ2n) is 4.12. The van der Waals surface area contributed by atoms with Crippen LogP contribution in [0.15, 0.2) is 0 Å². The van der Waals surface area contributed by atoms with E-state index in [4.69, 9.17) is 9.47 Å². The van der Waals surface area contributed by atoms with E-state index in [9.17, 15) is 14.4 Å². The van der Waals surface area contributed by atoms with Crippen LogP contribution in [0.2, 0.25) is 0 Å². The van der Waals surface area contributed by atoms with Crippen molar-refractivity contribution in [1.29, 1.82) is 0 Å². The molecular weight excluding hydrogens is 264 g/mol. The van der Waals surface area contributed by atoms with Gasteiger partial charge in [-0.05, 0) is 13.3 Å². The summed E-state index contributed by atoms with van der Waals surface area (Å²) in [6.07, 6.45) is 1.74. The van der Waals surface area contributed by atoms with E-state index in [0.29, 0.717) is 26.1 Å². The zero-order valence-electron chi connectivity index (χ0n) is 13.1. The molecule has 0 radical (unpaired) electrons. The highest BCUT2D eigenvalue weighted by Crippen LogP contribution is 1.98. The highest BCUT2D eigenvalue weighted by atomic mass is 16.6. The molecule has 0 spiro atoms. The Hall–Kier alpha value is -1.59. The van der Waals surface area contributed by atoms with Gasteiger partial charge in [0.2, 0.25) is 0 Å². The van der Waals surface area contributed by atoms with Gasteiger partial charge in [-0.1, -0.05) is 13.8 Å². The lowest BCUT2D eigenvalue weighted by molar-refractivity contribution is -0.147. The van der Waals surface area contributed by atoms with Crippen molar-refractivity contribution in [1.82, 2.24) is 0 Å². The normalized spacial score (nSPS) is 10.7. The van der Waals surface area contributed by atoms with Crippen LogP contribution in [0, 0.1) is 0 Å². The molecule has 0 rings (SSSR count). The monoisotopic (exact) mass is 290 g/mol. The molecule has 0 aliphatic carbocycles. The molecule has 0 aromatic carbocycles. The van der Waals surface area contributed by atoms with Crippen LogP contribution in [0.3, 0.4) is 0 Å². The van der Waals surface area contributed by atoms with E-state index in [-0.39, 0.29) is 24.0 Å². The van der Waals surface area contributed by atoms with Crippen molar-refractivity contribution < 1.29 is 28.6 Å². The number of carbonyl (C=O) groups is 3. The van der Waals surface area contributed by atoms with Crippen molar-refractivity contribution in [3.63, 3.8) is 0 Å². The van der Waals surface area contributed by atoms with Crippen LogP contribution in [0.1, 0.15) is 53.9 Å². The number of esters is 3. The van der Waals surface area contributed by atoms with Gasteiger partial charge >= 0.3 is 17.9 Å². The molecule has 0 saturated carbocycles. The van der Waals surface area contributed by atoms with E-state index in [1.807, 2.05) is 6.92 Å². The van der Waals surface area contributed by atoms with E-state index >= 15 is 0 Å². The largest absolute Gasteiger partial charge is 0.466 e. The van der Waals surface area contributed by atoms with E-state index in [1.165, 1.54) is 13.8 Å². The molecule has 0 heterocycles. The smallest absolute Gasteiger partial charge is 0.305 e. The van der Waals surface area contributed by atoms with Crippen LogP contribution in [0.4, 0.5) is 0 Å². The zero-order chi connectivity index (χ0) is 16.0. The Morgan fingerprint density at radius 2 is 1.55 bits per heavy atom. The molecule has 0 aliphatic rings. The molecule has 6 nitrogen and oxygen atoms in total. The van der Waals surface area contributed by atoms with Crippen LogP contribution in [-0.4, -0.2) is 37.2 Å². The van der Waals surface area contributed by atoms with Gasteiger partial charge in [0, 0.05) is 26.7 Å². The van der Waals surface area contributed by atoms with Crippen molar-refractivity contribution in [2.45, 2.75) is 60.0 Å². The Morgan fingerprint density at radius 3 is 1.95 bits per heavy atom. The van der Waals surface area contributed by atoms with Gasteiger partial charge in [-0.2, -0.15) is 0 Å². The van der Waals surface area contributed by atoms with E-state index in [1.54, 1.807) is 13.8 Å². The Morgan fingerprint density at radius 1 is 0.950 bits per heavy atom. The standard InChI is InChI=1S/C8H14O4.C6H12O2/c1-6(12-8(3)10)4-5-11-7(2)9;1-3-5-8-6(7)4-2/h6H,4-5H2,1-3H3;3-5H2,1-2H3. The first-order chi connectivity index (χ1) is 9.33. The Balaban J connectivity index is 0. The highest BCUT2D eigenvalue weighted by molar-refractivity contribution is 5.68. The molecule has 0 saturated heterocycles. The third kappa shape index (κ3) is 18.8. The van der Waals surface area contributed by atoms with Gasteiger partial charge < -0.3 is 14.2 Å². The highest BCUT2D eigenvalue weighted by Gasteiger charge is 2.05. The second-order valence-corrected chi connectivity index (χ2v) is 4.12. The molecule has 20 heavy (non-hydrogen) atoms. The first-order valence-electron chi connectivity index (χ1n) is 6.79. The minimum Gasteiger partial charge on any atom is -0.466 e. The van der Waals surface area contributed by atoms with Gasteiger partial charge in [-0.15, -0.1) is 0 Å². The molecule has 6 heteroatoms. The molecule has 0 amide bonds. The van der Waals surface area contributed by atoms with Gasteiger partial charge in [0.25, 0.3) is 0 Å². The zero-order valence-corrected chi connectivity index (χ0v) is 13.1. The summed E-state index contributed by atoms with van der Waals surface area (Å²) in [6.45, 7) is 9.07. The quantitative estimate of drug-likeness (QED) is 0.528. The molecule has 0 aliphatic heterocycles. The van der Waals surface area contributed by atoms with Crippen molar-refractivity contribution in [2.75, 3.05) is 13.2 Å². The predicted molar refractivity (Wildman–Crippen MR) is 74.0 cm³/mol. The summed E-state index contributed by atoms with van der Waals surface area (Å²) < 4.78 is 14.2. The summed E-state index contributed by atoms with van der Waals surface area (Å²) in [4.78, 5) is 31.1. The van der Waals surface area contributed by atoms with Gasteiger partial charge in [0.05, 0.1) is 13.2 Å². The summed E-state index contributed by atoms with van der Waals surface area (Å²) in [7, 11) is 0. The number of carbonyl (C=O) groups excluding carboxylic acids is 3. The number of ether oxygens (including phenoxy) is 3. The molecule has 0 aromatic rings. The average Bonchev–Trinajstić information content (AvgIpc) is 2.35. The fraction of sp³-hybridized carbons (Fsp3) is 0.786.